The summed E-state index contributed by atoms with van der Waals surface area (Å²) in [6.07, 6.45) is 2.17. The number of nitrogens with zero attached hydrogens (tertiary/aromatic N) is 2. The summed E-state index contributed by atoms with van der Waals surface area (Å²) in [5, 5.41) is 1.97. The molecule has 2 saturated heterocycles. The Labute approximate surface area is 166 Å². The molecule has 7 heteroatoms. The lowest BCUT2D eigenvalue weighted by atomic mass is 9.95. The molecule has 28 heavy (non-hydrogen) atoms. The summed E-state index contributed by atoms with van der Waals surface area (Å²) in [7, 11) is 0. The molecule has 1 atom stereocenters. The molecule has 0 saturated carbocycles. The first-order chi connectivity index (χ1) is 13.7. The zero-order valence-electron chi connectivity index (χ0n) is 15.5. The third kappa shape index (κ3) is 3.14. The van der Waals surface area contributed by atoms with Gasteiger partial charge in [-0.25, -0.2) is 4.98 Å². The van der Waals surface area contributed by atoms with Gasteiger partial charge in [-0.1, -0.05) is 18.2 Å². The van der Waals surface area contributed by atoms with E-state index in [1.54, 1.807) is 11.3 Å². The van der Waals surface area contributed by atoms with E-state index in [0.29, 0.717) is 13.0 Å². The lowest BCUT2D eigenvalue weighted by molar-refractivity contribution is -0.920. The Morgan fingerprint density at radius 1 is 1.14 bits per heavy atom. The van der Waals surface area contributed by atoms with Gasteiger partial charge in [-0.15, -0.1) is 11.3 Å². The van der Waals surface area contributed by atoms with Gasteiger partial charge in [0.05, 0.1) is 26.1 Å². The third-order valence-corrected chi connectivity index (χ3v) is 6.78. The van der Waals surface area contributed by atoms with Crippen LogP contribution in [0, 0.1) is 0 Å². The maximum absolute atomic E-state index is 12.9. The second-order valence-electron chi connectivity index (χ2n) is 7.61. The molecular formula is C21H22N3O3S+. The normalized spacial score (nSPS) is 25.7. The number of imide groups is 1. The number of benzene rings is 1. The van der Waals surface area contributed by atoms with Crippen molar-refractivity contribution in [2.75, 3.05) is 13.1 Å². The molecule has 0 spiro atoms. The van der Waals surface area contributed by atoms with Crippen LogP contribution in [-0.2, 0) is 16.1 Å². The van der Waals surface area contributed by atoms with Crippen LogP contribution in [0.3, 0.4) is 0 Å². The van der Waals surface area contributed by atoms with Crippen molar-refractivity contribution in [3.05, 3.63) is 52.5 Å². The smallest absolute Gasteiger partial charge is 0.288 e. The fourth-order valence-electron chi connectivity index (χ4n) is 4.38. The number of carbonyl (C=O) groups excluding carboxylic acids is 2. The number of quaternary nitrogens is 1. The summed E-state index contributed by atoms with van der Waals surface area (Å²) in [6, 6.07) is 11.5. The molecule has 1 N–H and O–H groups in total. The number of aromatic nitrogens is 1. The highest BCUT2D eigenvalue weighted by Gasteiger charge is 2.46. The standard InChI is InChI=1S/C21H21N3O3S/c25-19-12-17(21(26)24(19)13-15-4-3-11-28-15)23-9-7-14(8-10-23)20-22-16-5-1-2-6-18(16)27-20/h1-6,11,14,17H,7-10,12-13H2/p+1/t17-/m1/s1. The molecule has 1 aromatic carbocycles. The Balaban J connectivity index is 1.24. The van der Waals surface area contributed by atoms with Crippen LogP contribution in [-0.4, -0.2) is 40.8 Å². The molecule has 4 heterocycles. The van der Waals surface area contributed by atoms with Crippen LogP contribution in [0.4, 0.5) is 0 Å². The first kappa shape index (κ1) is 17.6. The molecule has 2 aliphatic rings. The van der Waals surface area contributed by atoms with E-state index in [0.717, 1.165) is 47.8 Å². The number of amides is 2. The van der Waals surface area contributed by atoms with E-state index >= 15 is 0 Å². The Bertz CT molecular complexity index is 972. The van der Waals surface area contributed by atoms with Gasteiger partial charge in [0.2, 0.25) is 5.91 Å². The van der Waals surface area contributed by atoms with Crippen LogP contribution in [0.15, 0.2) is 46.2 Å². The Morgan fingerprint density at radius 3 is 2.71 bits per heavy atom. The van der Waals surface area contributed by atoms with Gasteiger partial charge in [0.25, 0.3) is 5.91 Å². The zero-order chi connectivity index (χ0) is 19.1. The van der Waals surface area contributed by atoms with E-state index in [9.17, 15) is 9.59 Å². The van der Waals surface area contributed by atoms with E-state index in [1.807, 2.05) is 41.8 Å². The molecule has 0 unspecified atom stereocenters. The monoisotopic (exact) mass is 396 g/mol. The zero-order valence-corrected chi connectivity index (χ0v) is 16.3. The summed E-state index contributed by atoms with van der Waals surface area (Å²) < 4.78 is 5.93. The van der Waals surface area contributed by atoms with Crippen molar-refractivity contribution in [2.45, 2.75) is 37.8 Å². The third-order valence-electron chi connectivity index (χ3n) is 5.92. The lowest BCUT2D eigenvalue weighted by Gasteiger charge is -2.30. The highest BCUT2D eigenvalue weighted by Crippen LogP contribution is 2.27. The summed E-state index contributed by atoms with van der Waals surface area (Å²) in [6.45, 7) is 2.13. The van der Waals surface area contributed by atoms with Crippen molar-refractivity contribution >= 4 is 34.3 Å². The highest BCUT2D eigenvalue weighted by molar-refractivity contribution is 7.09. The maximum Gasteiger partial charge on any atom is 0.288 e. The van der Waals surface area contributed by atoms with Crippen molar-refractivity contribution in [1.29, 1.82) is 0 Å². The number of likely N-dealkylation sites (tertiary alicyclic amines) is 2. The van der Waals surface area contributed by atoms with Gasteiger partial charge >= 0.3 is 0 Å². The molecule has 2 aromatic heterocycles. The van der Waals surface area contributed by atoms with E-state index < -0.39 is 0 Å². The number of piperidine rings is 1. The topological polar surface area (TPSA) is 67.9 Å². The minimum Gasteiger partial charge on any atom is -0.440 e. The molecule has 2 fully saturated rings. The SMILES string of the molecule is O=C1C[C@@H]([NH+]2CCC(c3nc4ccccc4o3)CC2)C(=O)N1Cc1cccs1. The van der Waals surface area contributed by atoms with Crippen LogP contribution in [0.2, 0.25) is 0 Å². The largest absolute Gasteiger partial charge is 0.440 e. The summed E-state index contributed by atoms with van der Waals surface area (Å²) >= 11 is 1.58. The van der Waals surface area contributed by atoms with Crippen molar-refractivity contribution in [2.24, 2.45) is 0 Å². The van der Waals surface area contributed by atoms with Gasteiger partial charge in [-0.05, 0) is 23.6 Å². The second kappa shape index (κ2) is 7.14. The molecule has 5 rings (SSSR count). The first-order valence-electron chi connectivity index (χ1n) is 9.75. The molecule has 144 valence electrons. The molecule has 0 radical (unpaired) electrons. The summed E-state index contributed by atoms with van der Waals surface area (Å²) in [5.74, 6) is 1.02. The molecule has 0 bridgehead atoms. The average molecular weight is 396 g/mol. The number of carbonyl (C=O) groups is 2. The van der Waals surface area contributed by atoms with Crippen molar-refractivity contribution in [3.63, 3.8) is 0 Å². The van der Waals surface area contributed by atoms with Crippen molar-refractivity contribution < 1.29 is 18.9 Å². The van der Waals surface area contributed by atoms with E-state index in [-0.39, 0.29) is 23.8 Å². The highest BCUT2D eigenvalue weighted by atomic mass is 32.1. The molecule has 3 aromatic rings. The Morgan fingerprint density at radius 2 is 1.96 bits per heavy atom. The fourth-order valence-corrected chi connectivity index (χ4v) is 5.07. The van der Waals surface area contributed by atoms with Gasteiger partial charge in [0.15, 0.2) is 17.5 Å². The Kier molecular flexibility index (Phi) is 4.49. The number of nitrogens with one attached hydrogen (secondary N) is 1. The number of oxazole rings is 1. The number of rotatable bonds is 4. The number of para-hydroxylation sites is 2. The summed E-state index contributed by atoms with van der Waals surface area (Å²) in [4.78, 5) is 33.6. The number of thiophene rings is 1. The molecule has 6 nitrogen and oxygen atoms in total. The number of fused-ring (bicyclic) bond motifs is 1. The molecular weight excluding hydrogens is 374 g/mol. The predicted octanol–water partition coefficient (Wildman–Crippen LogP) is 1.98. The van der Waals surface area contributed by atoms with Crippen LogP contribution in [0.25, 0.3) is 11.1 Å². The van der Waals surface area contributed by atoms with Gasteiger partial charge in [-0.3, -0.25) is 14.5 Å². The Hall–Kier alpha value is -2.51. The minimum absolute atomic E-state index is 0.0197. The van der Waals surface area contributed by atoms with Gasteiger partial charge in [0.1, 0.15) is 5.52 Å². The molecule has 0 aliphatic carbocycles. The van der Waals surface area contributed by atoms with Crippen LogP contribution < -0.4 is 4.90 Å². The fraction of sp³-hybridized carbons (Fsp3) is 0.381. The van der Waals surface area contributed by atoms with Gasteiger partial charge in [0, 0.05) is 23.6 Å². The molecule has 2 amide bonds. The predicted molar refractivity (Wildman–Crippen MR) is 105 cm³/mol. The summed E-state index contributed by atoms with van der Waals surface area (Å²) in [5.41, 5.74) is 1.72. The van der Waals surface area contributed by atoms with Crippen LogP contribution in [0.1, 0.15) is 35.9 Å². The van der Waals surface area contributed by atoms with Gasteiger partial charge in [-0.2, -0.15) is 0 Å². The van der Waals surface area contributed by atoms with Crippen LogP contribution in [0.5, 0.6) is 0 Å². The lowest BCUT2D eigenvalue weighted by Crippen LogP contribution is -3.17. The quantitative estimate of drug-likeness (QED) is 0.685. The van der Waals surface area contributed by atoms with E-state index in [4.69, 9.17) is 4.42 Å². The molecule has 2 aliphatic heterocycles. The van der Waals surface area contributed by atoms with E-state index in [1.165, 1.54) is 9.80 Å². The van der Waals surface area contributed by atoms with Crippen molar-refractivity contribution in [3.8, 4) is 0 Å². The first-order valence-corrected chi connectivity index (χ1v) is 10.6. The maximum atomic E-state index is 12.9. The minimum atomic E-state index is -0.239. The average Bonchev–Trinajstić information content (AvgIpc) is 3.44. The number of hydrogen-bond acceptors (Lipinski definition) is 5. The van der Waals surface area contributed by atoms with Crippen molar-refractivity contribution in [1.82, 2.24) is 9.88 Å². The number of hydrogen-bond donors (Lipinski definition) is 1. The van der Waals surface area contributed by atoms with Crippen LogP contribution >= 0.6 is 11.3 Å². The van der Waals surface area contributed by atoms with Gasteiger partial charge < -0.3 is 9.32 Å². The second-order valence-corrected chi connectivity index (χ2v) is 8.64. The van der Waals surface area contributed by atoms with E-state index in [2.05, 4.69) is 4.98 Å².